The predicted molar refractivity (Wildman–Crippen MR) is 68.9 cm³/mol. The summed E-state index contributed by atoms with van der Waals surface area (Å²) in [6.07, 6.45) is 0.0208. The molecule has 0 aromatic heterocycles. The van der Waals surface area contributed by atoms with E-state index >= 15 is 0 Å². The first-order valence-corrected chi connectivity index (χ1v) is 5.90. The fourth-order valence-electron chi connectivity index (χ4n) is 1.90. The molecule has 1 unspecified atom stereocenters. The Morgan fingerprint density at radius 1 is 1.39 bits per heavy atom. The Hall–Kier alpha value is -1.83. The van der Waals surface area contributed by atoms with Gasteiger partial charge in [0.05, 0.1) is 12.1 Å². The zero-order chi connectivity index (χ0) is 12.8. The lowest BCUT2D eigenvalue weighted by Gasteiger charge is -2.16. The Morgan fingerprint density at radius 2 is 2.17 bits per heavy atom. The number of carbonyl (C=O) groups is 1. The Bertz CT molecular complexity index is 462. The van der Waals surface area contributed by atoms with Crippen LogP contribution in [0.15, 0.2) is 30.3 Å². The summed E-state index contributed by atoms with van der Waals surface area (Å²) in [4.78, 5) is 11.7. The van der Waals surface area contributed by atoms with Crippen LogP contribution in [0.1, 0.15) is 5.56 Å². The van der Waals surface area contributed by atoms with Crippen molar-refractivity contribution < 1.29 is 9.53 Å². The second-order valence-electron chi connectivity index (χ2n) is 4.13. The summed E-state index contributed by atoms with van der Waals surface area (Å²) in [5.41, 5.74) is 0.834. The Labute approximate surface area is 107 Å². The molecule has 2 rings (SSSR count). The van der Waals surface area contributed by atoms with Crippen LogP contribution in [0.2, 0.25) is 0 Å². The normalized spacial score (nSPS) is 22.1. The van der Waals surface area contributed by atoms with E-state index in [0.29, 0.717) is 0 Å². The van der Waals surface area contributed by atoms with Crippen molar-refractivity contribution in [2.75, 3.05) is 20.2 Å². The Kier molecular flexibility index (Phi) is 4.35. The number of benzene rings is 1. The number of nitrogens with one attached hydrogen (secondary N) is 2. The van der Waals surface area contributed by atoms with Gasteiger partial charge in [-0.3, -0.25) is 4.79 Å². The molecule has 1 aromatic carbocycles. The van der Waals surface area contributed by atoms with Gasteiger partial charge in [0.15, 0.2) is 0 Å². The smallest absolute Gasteiger partial charge is 0.296 e. The molecule has 1 fully saturated rings. The third-order valence-corrected chi connectivity index (χ3v) is 2.87. The molecule has 1 heterocycles. The largest absolute Gasteiger partial charge is 0.378 e. The lowest BCUT2D eigenvalue weighted by molar-refractivity contribution is -0.116. The van der Waals surface area contributed by atoms with Crippen molar-refractivity contribution in [3.05, 3.63) is 35.9 Å². The van der Waals surface area contributed by atoms with Crippen LogP contribution >= 0.6 is 0 Å². The molecular formula is C14H16N2O2. The van der Waals surface area contributed by atoms with Crippen LogP contribution in [-0.4, -0.2) is 38.3 Å². The number of ether oxygens (including phenoxy) is 1. The molecule has 0 saturated carbocycles. The monoisotopic (exact) mass is 244 g/mol. The van der Waals surface area contributed by atoms with Crippen molar-refractivity contribution in [3.8, 4) is 11.8 Å². The standard InChI is InChI=1S/C14H16N2O2/c1-18-13-10-15-9-12(13)16-14(17)8-7-11-5-3-2-4-6-11/h2-6,12-13,15H,9-10H2,1H3,(H,16,17)/t12?,13-/m0/s1. The summed E-state index contributed by atoms with van der Waals surface area (Å²) >= 11 is 0. The minimum Gasteiger partial charge on any atom is -0.378 e. The van der Waals surface area contributed by atoms with E-state index in [0.717, 1.165) is 18.7 Å². The van der Waals surface area contributed by atoms with E-state index in [1.807, 2.05) is 30.3 Å². The molecule has 1 saturated heterocycles. The molecular weight excluding hydrogens is 228 g/mol. The molecule has 1 amide bonds. The lowest BCUT2D eigenvalue weighted by atomic mass is 10.2. The number of carbonyl (C=O) groups excluding carboxylic acids is 1. The van der Waals surface area contributed by atoms with Crippen LogP contribution in [0.5, 0.6) is 0 Å². The molecule has 1 aliphatic rings. The van der Waals surface area contributed by atoms with Crippen molar-refractivity contribution in [3.63, 3.8) is 0 Å². The number of amides is 1. The summed E-state index contributed by atoms with van der Waals surface area (Å²) in [7, 11) is 1.65. The molecule has 2 atom stereocenters. The zero-order valence-corrected chi connectivity index (χ0v) is 10.3. The Balaban J connectivity index is 1.91. The molecule has 1 aromatic rings. The van der Waals surface area contributed by atoms with Crippen LogP contribution in [0.4, 0.5) is 0 Å². The summed E-state index contributed by atoms with van der Waals surface area (Å²) in [6, 6.07) is 9.43. The maximum atomic E-state index is 11.7. The Morgan fingerprint density at radius 3 is 2.89 bits per heavy atom. The highest BCUT2D eigenvalue weighted by Crippen LogP contribution is 2.03. The molecule has 4 heteroatoms. The first-order valence-electron chi connectivity index (χ1n) is 5.90. The second kappa shape index (κ2) is 6.20. The lowest BCUT2D eigenvalue weighted by Crippen LogP contribution is -2.43. The molecule has 0 bridgehead atoms. The van der Waals surface area contributed by atoms with E-state index in [2.05, 4.69) is 22.5 Å². The SMILES string of the molecule is CO[C@H]1CNCC1NC(=O)C#Cc1ccccc1. The van der Waals surface area contributed by atoms with Gasteiger partial charge < -0.3 is 15.4 Å². The fourth-order valence-corrected chi connectivity index (χ4v) is 1.90. The molecule has 94 valence electrons. The maximum Gasteiger partial charge on any atom is 0.296 e. The topological polar surface area (TPSA) is 50.4 Å². The highest BCUT2D eigenvalue weighted by atomic mass is 16.5. The zero-order valence-electron chi connectivity index (χ0n) is 10.3. The predicted octanol–water partition coefficient (Wildman–Crippen LogP) is 0.141. The summed E-state index contributed by atoms with van der Waals surface area (Å²) in [5.74, 6) is 5.15. The van der Waals surface area contributed by atoms with Gasteiger partial charge >= 0.3 is 0 Å². The van der Waals surface area contributed by atoms with Gasteiger partial charge in [0.1, 0.15) is 0 Å². The number of hydrogen-bond donors (Lipinski definition) is 2. The quantitative estimate of drug-likeness (QED) is 0.728. The van der Waals surface area contributed by atoms with Gasteiger partial charge in [-0.1, -0.05) is 24.1 Å². The van der Waals surface area contributed by atoms with Crippen LogP contribution < -0.4 is 10.6 Å². The summed E-state index contributed by atoms with van der Waals surface area (Å²) in [5, 5.41) is 6.01. The highest BCUT2D eigenvalue weighted by molar-refractivity contribution is 5.94. The highest BCUT2D eigenvalue weighted by Gasteiger charge is 2.27. The van der Waals surface area contributed by atoms with Crippen molar-refractivity contribution in [1.29, 1.82) is 0 Å². The molecule has 18 heavy (non-hydrogen) atoms. The minimum atomic E-state index is -0.269. The summed E-state index contributed by atoms with van der Waals surface area (Å²) < 4.78 is 5.26. The number of methoxy groups -OCH3 is 1. The second-order valence-corrected chi connectivity index (χ2v) is 4.13. The van der Waals surface area contributed by atoms with Gasteiger partial charge in [-0.05, 0) is 12.1 Å². The summed E-state index contributed by atoms with van der Waals surface area (Å²) in [6.45, 7) is 1.48. The average molecular weight is 244 g/mol. The first kappa shape index (κ1) is 12.6. The van der Waals surface area contributed by atoms with Gasteiger partial charge in [-0.15, -0.1) is 0 Å². The number of rotatable bonds is 2. The van der Waals surface area contributed by atoms with Crippen molar-refractivity contribution in [2.24, 2.45) is 0 Å². The fraction of sp³-hybridized carbons (Fsp3) is 0.357. The first-order chi connectivity index (χ1) is 8.79. The maximum absolute atomic E-state index is 11.7. The minimum absolute atomic E-state index is 0.00688. The van der Waals surface area contributed by atoms with Crippen molar-refractivity contribution in [2.45, 2.75) is 12.1 Å². The van der Waals surface area contributed by atoms with E-state index < -0.39 is 0 Å². The van der Waals surface area contributed by atoms with E-state index in [4.69, 9.17) is 4.74 Å². The van der Waals surface area contributed by atoms with Crippen LogP contribution in [0.25, 0.3) is 0 Å². The van der Waals surface area contributed by atoms with E-state index in [9.17, 15) is 4.79 Å². The van der Waals surface area contributed by atoms with E-state index in [1.54, 1.807) is 7.11 Å². The molecule has 2 N–H and O–H groups in total. The molecule has 0 radical (unpaired) electrons. The van der Waals surface area contributed by atoms with Crippen LogP contribution in [0, 0.1) is 11.8 Å². The van der Waals surface area contributed by atoms with Crippen molar-refractivity contribution in [1.82, 2.24) is 10.6 Å². The third-order valence-electron chi connectivity index (χ3n) is 2.87. The van der Waals surface area contributed by atoms with Crippen LogP contribution in [0.3, 0.4) is 0 Å². The van der Waals surface area contributed by atoms with Gasteiger partial charge in [0, 0.05) is 31.7 Å². The van der Waals surface area contributed by atoms with E-state index in [1.165, 1.54) is 0 Å². The third kappa shape index (κ3) is 3.33. The number of hydrogen-bond acceptors (Lipinski definition) is 3. The van der Waals surface area contributed by atoms with E-state index in [-0.39, 0.29) is 18.1 Å². The molecule has 0 spiro atoms. The molecule has 0 aliphatic carbocycles. The van der Waals surface area contributed by atoms with Gasteiger partial charge in [-0.2, -0.15) is 0 Å². The molecule has 4 nitrogen and oxygen atoms in total. The van der Waals surface area contributed by atoms with Gasteiger partial charge in [0.25, 0.3) is 5.91 Å². The van der Waals surface area contributed by atoms with Crippen molar-refractivity contribution >= 4 is 5.91 Å². The average Bonchev–Trinajstić information content (AvgIpc) is 2.85. The van der Waals surface area contributed by atoms with Crippen LogP contribution in [-0.2, 0) is 9.53 Å². The van der Waals surface area contributed by atoms with Gasteiger partial charge in [-0.25, -0.2) is 0 Å². The molecule has 1 aliphatic heterocycles. The van der Waals surface area contributed by atoms with Gasteiger partial charge in [0.2, 0.25) is 0 Å².